The summed E-state index contributed by atoms with van der Waals surface area (Å²) in [7, 11) is 1.72. The summed E-state index contributed by atoms with van der Waals surface area (Å²) in [6, 6.07) is 12.7. The van der Waals surface area contributed by atoms with Gasteiger partial charge in [0.1, 0.15) is 11.6 Å². The molecule has 2 fully saturated rings. The highest BCUT2D eigenvalue weighted by atomic mass is 19.1. The van der Waals surface area contributed by atoms with Gasteiger partial charge in [0.25, 0.3) is 0 Å². The van der Waals surface area contributed by atoms with E-state index in [1.807, 2.05) is 6.08 Å². The zero-order chi connectivity index (χ0) is 21.6. The Morgan fingerprint density at radius 1 is 1.16 bits per heavy atom. The molecule has 3 aliphatic rings. The Kier molecular flexibility index (Phi) is 4.97. The normalized spacial score (nSPS) is 30.1. The summed E-state index contributed by atoms with van der Waals surface area (Å²) in [5.74, 6) is 8.49. The fraction of sp³-hybridized carbons (Fsp3) is 0.393. The molecule has 0 spiro atoms. The molecule has 0 bridgehead atoms. The average molecular weight is 415 g/mol. The van der Waals surface area contributed by atoms with Gasteiger partial charge in [-0.15, -0.1) is 0 Å². The van der Waals surface area contributed by atoms with Crippen molar-refractivity contribution in [1.82, 2.24) is 0 Å². The van der Waals surface area contributed by atoms with E-state index in [0.29, 0.717) is 17.8 Å². The fourth-order valence-electron chi connectivity index (χ4n) is 6.22. The average Bonchev–Trinajstić information content (AvgIpc) is 3.05. The van der Waals surface area contributed by atoms with Crippen LogP contribution in [-0.4, -0.2) is 12.9 Å². The molecular formula is C28H27FO2. The summed E-state index contributed by atoms with van der Waals surface area (Å²) in [5.41, 5.74) is 4.22. The Labute approximate surface area is 183 Å². The van der Waals surface area contributed by atoms with Crippen molar-refractivity contribution < 1.29 is 13.9 Å². The number of carbonyl (C=O) groups is 1. The van der Waals surface area contributed by atoms with Gasteiger partial charge in [0, 0.05) is 16.6 Å². The number of allylic oxidation sites excluding steroid dienone is 2. The van der Waals surface area contributed by atoms with Gasteiger partial charge in [-0.2, -0.15) is 0 Å². The van der Waals surface area contributed by atoms with Crippen LogP contribution in [0, 0.1) is 34.9 Å². The van der Waals surface area contributed by atoms with Crippen LogP contribution >= 0.6 is 0 Å². The van der Waals surface area contributed by atoms with E-state index in [0.717, 1.165) is 49.0 Å². The van der Waals surface area contributed by atoms with E-state index in [1.54, 1.807) is 19.2 Å². The Morgan fingerprint density at radius 3 is 2.74 bits per heavy atom. The summed E-state index contributed by atoms with van der Waals surface area (Å²) >= 11 is 0. The number of Topliss-reactive ketones (excluding diaryl/α,β-unsaturated/α-hetero) is 1. The van der Waals surface area contributed by atoms with E-state index in [4.69, 9.17) is 4.74 Å². The summed E-state index contributed by atoms with van der Waals surface area (Å²) in [4.78, 5) is 13.3. The van der Waals surface area contributed by atoms with Gasteiger partial charge in [-0.25, -0.2) is 4.39 Å². The maximum atomic E-state index is 13.3. The van der Waals surface area contributed by atoms with Crippen LogP contribution in [0.1, 0.15) is 55.2 Å². The van der Waals surface area contributed by atoms with Gasteiger partial charge in [0.05, 0.1) is 7.11 Å². The molecule has 0 amide bonds. The molecule has 3 aliphatic carbocycles. The second-order valence-electron chi connectivity index (χ2n) is 9.42. The van der Waals surface area contributed by atoms with Crippen LogP contribution < -0.4 is 4.74 Å². The highest BCUT2D eigenvalue weighted by Gasteiger charge is 2.56. The van der Waals surface area contributed by atoms with Gasteiger partial charge in [-0.3, -0.25) is 4.79 Å². The first-order valence-corrected chi connectivity index (χ1v) is 11.2. The third-order valence-corrected chi connectivity index (χ3v) is 7.88. The van der Waals surface area contributed by atoms with Crippen molar-refractivity contribution in [3.63, 3.8) is 0 Å². The standard InChI is InChI=1S/C28H27FO2/c1-28-15-14-24-23-13-11-22(31-2)16-19(23)8-12-25(24)26(28)17-20(27(28)30)5-3-4-18-6-9-21(29)10-7-18/h5-7,9-11,13,16,24-26H,8,12,14-15,17H2,1-2H3/b20-5+/t24-,25-,26+,28-/m1/s1. The first-order chi connectivity index (χ1) is 15.0. The fourth-order valence-corrected chi connectivity index (χ4v) is 6.22. The minimum Gasteiger partial charge on any atom is -0.497 e. The number of methoxy groups -OCH3 is 1. The van der Waals surface area contributed by atoms with E-state index in [1.165, 1.54) is 23.3 Å². The first kappa shape index (κ1) is 20.1. The minimum absolute atomic E-state index is 0.269. The summed E-state index contributed by atoms with van der Waals surface area (Å²) < 4.78 is 18.5. The zero-order valence-corrected chi connectivity index (χ0v) is 18.1. The van der Waals surface area contributed by atoms with Crippen LogP contribution in [-0.2, 0) is 11.2 Å². The molecule has 4 atom stereocenters. The smallest absolute Gasteiger partial charge is 0.165 e. The number of fused-ring (bicyclic) bond motifs is 5. The van der Waals surface area contributed by atoms with Gasteiger partial charge in [-0.05, 0) is 103 Å². The second-order valence-corrected chi connectivity index (χ2v) is 9.42. The Morgan fingerprint density at radius 2 is 1.97 bits per heavy atom. The molecule has 0 aromatic heterocycles. The lowest BCUT2D eigenvalue weighted by molar-refractivity contribution is -0.127. The molecule has 2 saturated carbocycles. The Bertz CT molecular complexity index is 1120. The topological polar surface area (TPSA) is 26.3 Å². The maximum Gasteiger partial charge on any atom is 0.165 e. The zero-order valence-electron chi connectivity index (χ0n) is 18.1. The lowest BCUT2D eigenvalue weighted by Gasteiger charge is -2.48. The van der Waals surface area contributed by atoms with Crippen LogP contribution in [0.4, 0.5) is 4.39 Å². The van der Waals surface area contributed by atoms with Crippen LogP contribution in [0.15, 0.2) is 54.1 Å². The molecule has 2 aromatic rings. The number of ketones is 1. The molecular weight excluding hydrogens is 387 g/mol. The van der Waals surface area contributed by atoms with Gasteiger partial charge in [0.15, 0.2) is 5.78 Å². The number of hydrogen-bond donors (Lipinski definition) is 0. The number of hydrogen-bond acceptors (Lipinski definition) is 2. The van der Waals surface area contributed by atoms with E-state index < -0.39 is 0 Å². The lowest BCUT2D eigenvalue weighted by atomic mass is 9.55. The quantitative estimate of drug-likeness (QED) is 0.432. The predicted molar refractivity (Wildman–Crippen MR) is 119 cm³/mol. The molecule has 158 valence electrons. The lowest BCUT2D eigenvalue weighted by Crippen LogP contribution is -2.42. The van der Waals surface area contributed by atoms with Crippen molar-refractivity contribution in [3.8, 4) is 17.6 Å². The van der Waals surface area contributed by atoms with Gasteiger partial charge < -0.3 is 4.74 Å². The molecule has 0 unspecified atom stereocenters. The second kappa shape index (κ2) is 7.68. The maximum absolute atomic E-state index is 13.3. The van der Waals surface area contributed by atoms with Crippen LogP contribution in [0.5, 0.6) is 5.75 Å². The van der Waals surface area contributed by atoms with Crippen molar-refractivity contribution in [1.29, 1.82) is 0 Å². The van der Waals surface area contributed by atoms with E-state index in [9.17, 15) is 9.18 Å². The number of ether oxygens (including phenoxy) is 1. The predicted octanol–water partition coefficient (Wildman–Crippen LogP) is 5.85. The summed E-state index contributed by atoms with van der Waals surface area (Å²) in [5, 5.41) is 0. The number of benzene rings is 2. The van der Waals surface area contributed by atoms with Crippen molar-refractivity contribution in [2.24, 2.45) is 17.3 Å². The summed E-state index contributed by atoms with van der Waals surface area (Å²) in [6.45, 7) is 2.17. The first-order valence-electron chi connectivity index (χ1n) is 11.2. The third-order valence-electron chi connectivity index (χ3n) is 7.88. The molecule has 0 radical (unpaired) electrons. The number of aryl methyl sites for hydroxylation is 1. The van der Waals surface area contributed by atoms with Crippen LogP contribution in [0.25, 0.3) is 0 Å². The molecule has 0 aliphatic heterocycles. The highest BCUT2D eigenvalue weighted by Crippen LogP contribution is 2.60. The minimum atomic E-state index is -0.270. The summed E-state index contributed by atoms with van der Waals surface area (Å²) in [6.07, 6.45) is 6.82. The SMILES string of the molecule is COc1ccc2c(c1)CC[C@@H]1[C@@H]2CC[C@@]2(C)C(=O)/C(=C/C#Cc3ccc(F)cc3)C[C@@H]12. The van der Waals surface area contributed by atoms with Gasteiger partial charge in [0.2, 0.25) is 0 Å². The van der Waals surface area contributed by atoms with Gasteiger partial charge >= 0.3 is 0 Å². The molecule has 31 heavy (non-hydrogen) atoms. The molecule has 0 heterocycles. The Hall–Kier alpha value is -2.86. The molecule has 0 saturated heterocycles. The van der Waals surface area contributed by atoms with Crippen LogP contribution in [0.3, 0.4) is 0 Å². The largest absolute Gasteiger partial charge is 0.497 e. The van der Waals surface area contributed by atoms with Crippen molar-refractivity contribution >= 4 is 5.78 Å². The molecule has 2 aromatic carbocycles. The molecule has 3 heteroatoms. The van der Waals surface area contributed by atoms with Crippen molar-refractivity contribution in [2.75, 3.05) is 7.11 Å². The van der Waals surface area contributed by atoms with E-state index >= 15 is 0 Å². The van der Waals surface area contributed by atoms with Crippen molar-refractivity contribution in [2.45, 2.75) is 44.9 Å². The van der Waals surface area contributed by atoms with Crippen LogP contribution in [0.2, 0.25) is 0 Å². The molecule has 0 N–H and O–H groups in total. The third kappa shape index (κ3) is 3.39. The van der Waals surface area contributed by atoms with E-state index in [-0.39, 0.29) is 17.0 Å². The van der Waals surface area contributed by atoms with Gasteiger partial charge in [-0.1, -0.05) is 24.8 Å². The Balaban J connectivity index is 1.41. The number of rotatable bonds is 1. The highest BCUT2D eigenvalue weighted by molar-refractivity contribution is 6.03. The molecule has 5 rings (SSSR count). The number of halogens is 1. The molecule has 2 nitrogen and oxygen atoms in total. The number of carbonyl (C=O) groups excluding carboxylic acids is 1. The monoisotopic (exact) mass is 414 g/mol. The van der Waals surface area contributed by atoms with Crippen molar-refractivity contribution in [3.05, 3.63) is 76.6 Å². The van der Waals surface area contributed by atoms with E-state index in [2.05, 4.69) is 37.0 Å².